The molecule has 1 N–H and O–H groups in total. The smallest absolute Gasteiger partial charge is 0.265 e. The minimum Gasteiger partial charge on any atom is -0.443 e. The lowest BCUT2D eigenvalue weighted by atomic mass is 10.1. The van der Waals surface area contributed by atoms with E-state index in [1.807, 2.05) is 31.2 Å². The number of benzene rings is 1. The van der Waals surface area contributed by atoms with E-state index in [0.717, 1.165) is 17.5 Å². The zero-order valence-corrected chi connectivity index (χ0v) is 14.6. The van der Waals surface area contributed by atoms with Gasteiger partial charge in [-0.25, -0.2) is 4.98 Å². The van der Waals surface area contributed by atoms with Crippen LogP contribution in [0, 0.1) is 13.8 Å². The van der Waals surface area contributed by atoms with Crippen LogP contribution < -0.4 is 10.9 Å². The second-order valence-corrected chi connectivity index (χ2v) is 6.09. The van der Waals surface area contributed by atoms with Crippen molar-refractivity contribution in [2.75, 3.05) is 0 Å². The van der Waals surface area contributed by atoms with Gasteiger partial charge in [-0.1, -0.05) is 31.2 Å². The normalized spacial score (nSPS) is 11.0. The molecule has 0 aliphatic heterocycles. The Labute approximate surface area is 145 Å². The van der Waals surface area contributed by atoms with E-state index in [4.69, 9.17) is 4.42 Å². The van der Waals surface area contributed by atoms with Gasteiger partial charge in [-0.2, -0.15) is 0 Å². The lowest BCUT2D eigenvalue weighted by molar-refractivity contribution is -0.121. The van der Waals surface area contributed by atoms with Crippen molar-refractivity contribution >= 4 is 17.0 Å². The number of carbonyl (C=O) groups excluding carboxylic acids is 1. The molecule has 0 atom stereocenters. The Bertz CT molecular complexity index is 968. The van der Waals surface area contributed by atoms with Gasteiger partial charge in [-0.3, -0.25) is 14.2 Å². The Morgan fingerprint density at radius 1 is 1.20 bits per heavy atom. The molecule has 0 bridgehead atoms. The topological polar surface area (TPSA) is 77.1 Å². The molecule has 0 saturated carbocycles. The molecule has 0 radical (unpaired) electrons. The van der Waals surface area contributed by atoms with Crippen LogP contribution in [0.1, 0.15) is 29.4 Å². The summed E-state index contributed by atoms with van der Waals surface area (Å²) >= 11 is 0. The number of hydrogen-bond acceptors (Lipinski definition) is 4. The molecule has 1 aromatic carbocycles. The maximum atomic E-state index is 12.5. The van der Waals surface area contributed by atoms with Crippen molar-refractivity contribution < 1.29 is 9.21 Å². The van der Waals surface area contributed by atoms with Gasteiger partial charge in [0.1, 0.15) is 24.0 Å². The molecule has 130 valence electrons. The number of fused-ring (bicyclic) bond motifs is 1. The Morgan fingerprint density at radius 3 is 2.56 bits per heavy atom. The summed E-state index contributed by atoms with van der Waals surface area (Å²) in [4.78, 5) is 28.8. The molecule has 6 heteroatoms. The van der Waals surface area contributed by atoms with Crippen molar-refractivity contribution in [3.63, 3.8) is 0 Å². The van der Waals surface area contributed by atoms with Gasteiger partial charge in [-0.15, -0.1) is 0 Å². The second kappa shape index (κ2) is 6.93. The highest BCUT2D eigenvalue weighted by atomic mass is 16.3. The van der Waals surface area contributed by atoms with Gasteiger partial charge in [0, 0.05) is 12.1 Å². The summed E-state index contributed by atoms with van der Waals surface area (Å²) in [5, 5.41) is 3.26. The SMILES string of the molecule is CCc1ccc(CNC(=O)Cn2cnc3oc(C)c(C)c3c2=O)cc1. The molecular formula is C19H21N3O3. The van der Waals surface area contributed by atoms with Crippen molar-refractivity contribution in [3.8, 4) is 0 Å². The third-order valence-electron chi connectivity index (χ3n) is 4.39. The summed E-state index contributed by atoms with van der Waals surface area (Å²) in [6.45, 7) is 6.06. The third-order valence-corrected chi connectivity index (χ3v) is 4.39. The third kappa shape index (κ3) is 3.47. The van der Waals surface area contributed by atoms with E-state index >= 15 is 0 Å². The van der Waals surface area contributed by atoms with Crippen molar-refractivity contribution in [1.82, 2.24) is 14.9 Å². The minimum atomic E-state index is -0.262. The maximum Gasteiger partial charge on any atom is 0.265 e. The Kier molecular flexibility index (Phi) is 4.70. The van der Waals surface area contributed by atoms with Gasteiger partial charge < -0.3 is 9.73 Å². The van der Waals surface area contributed by atoms with Crippen molar-refractivity contribution in [3.05, 3.63) is 63.4 Å². The molecule has 3 aromatic rings. The van der Waals surface area contributed by atoms with Crippen LogP contribution in [0.4, 0.5) is 0 Å². The standard InChI is InChI=1S/C19H21N3O3/c1-4-14-5-7-15(8-6-14)9-20-16(23)10-22-11-21-18-17(19(22)24)12(2)13(3)25-18/h5-8,11H,4,9-10H2,1-3H3,(H,20,23). The number of carbonyl (C=O) groups is 1. The lowest BCUT2D eigenvalue weighted by Gasteiger charge is -2.08. The molecule has 2 aromatic heterocycles. The molecule has 0 aliphatic carbocycles. The molecule has 0 saturated heterocycles. The highest BCUT2D eigenvalue weighted by Gasteiger charge is 2.15. The zero-order valence-electron chi connectivity index (χ0n) is 14.6. The lowest BCUT2D eigenvalue weighted by Crippen LogP contribution is -2.32. The molecule has 2 heterocycles. The van der Waals surface area contributed by atoms with Crippen LogP contribution in [-0.2, 0) is 24.3 Å². The predicted molar refractivity (Wildman–Crippen MR) is 95.4 cm³/mol. The predicted octanol–water partition coefficient (Wildman–Crippen LogP) is 2.49. The number of hydrogen-bond donors (Lipinski definition) is 1. The number of aromatic nitrogens is 2. The van der Waals surface area contributed by atoms with Gasteiger partial charge in [-0.05, 0) is 31.4 Å². The van der Waals surface area contributed by atoms with E-state index in [2.05, 4.69) is 17.2 Å². The van der Waals surface area contributed by atoms with Crippen molar-refractivity contribution in [2.24, 2.45) is 0 Å². The Balaban J connectivity index is 1.70. The van der Waals surface area contributed by atoms with Gasteiger partial charge in [0.05, 0.1) is 0 Å². The second-order valence-electron chi connectivity index (χ2n) is 6.09. The van der Waals surface area contributed by atoms with Crippen LogP contribution >= 0.6 is 0 Å². The summed E-state index contributed by atoms with van der Waals surface area (Å²) in [5.74, 6) is 0.429. The first-order valence-corrected chi connectivity index (χ1v) is 8.29. The molecule has 25 heavy (non-hydrogen) atoms. The Hall–Kier alpha value is -2.89. The molecule has 1 amide bonds. The number of nitrogens with one attached hydrogen (secondary N) is 1. The number of nitrogens with zero attached hydrogens (tertiary/aromatic N) is 2. The van der Waals surface area contributed by atoms with Gasteiger partial charge >= 0.3 is 0 Å². The zero-order chi connectivity index (χ0) is 18.0. The summed E-state index contributed by atoms with van der Waals surface area (Å²) in [5.41, 5.74) is 3.09. The van der Waals surface area contributed by atoms with E-state index < -0.39 is 0 Å². The van der Waals surface area contributed by atoms with Crippen LogP contribution in [0.3, 0.4) is 0 Å². The summed E-state index contributed by atoms with van der Waals surface area (Å²) < 4.78 is 6.74. The first kappa shape index (κ1) is 17.0. The van der Waals surface area contributed by atoms with Crippen LogP contribution in [-0.4, -0.2) is 15.5 Å². The van der Waals surface area contributed by atoms with E-state index in [9.17, 15) is 9.59 Å². The van der Waals surface area contributed by atoms with Gasteiger partial charge in [0.25, 0.3) is 5.56 Å². The molecule has 0 unspecified atom stereocenters. The fourth-order valence-electron chi connectivity index (χ4n) is 2.69. The largest absolute Gasteiger partial charge is 0.443 e. The van der Waals surface area contributed by atoms with Crippen LogP contribution in [0.5, 0.6) is 0 Å². The van der Waals surface area contributed by atoms with Crippen molar-refractivity contribution in [2.45, 2.75) is 40.3 Å². The monoisotopic (exact) mass is 339 g/mol. The van der Waals surface area contributed by atoms with Crippen LogP contribution in [0.15, 0.2) is 39.8 Å². The van der Waals surface area contributed by atoms with Crippen molar-refractivity contribution in [1.29, 1.82) is 0 Å². The highest BCUT2D eigenvalue weighted by molar-refractivity contribution is 5.79. The highest BCUT2D eigenvalue weighted by Crippen LogP contribution is 2.18. The molecular weight excluding hydrogens is 318 g/mol. The molecule has 0 fully saturated rings. The fourth-order valence-corrected chi connectivity index (χ4v) is 2.69. The Morgan fingerprint density at radius 2 is 1.88 bits per heavy atom. The summed E-state index contributed by atoms with van der Waals surface area (Å²) in [7, 11) is 0. The molecule has 0 aliphatic rings. The first-order valence-electron chi connectivity index (χ1n) is 8.29. The van der Waals surface area contributed by atoms with Gasteiger partial charge in [0.2, 0.25) is 11.6 Å². The molecule has 0 spiro atoms. The van der Waals surface area contributed by atoms with Gasteiger partial charge in [0.15, 0.2) is 0 Å². The quantitative estimate of drug-likeness (QED) is 0.775. The van der Waals surface area contributed by atoms with Crippen LogP contribution in [0.2, 0.25) is 0 Å². The van der Waals surface area contributed by atoms with Crippen LogP contribution in [0.25, 0.3) is 11.1 Å². The number of aryl methyl sites for hydroxylation is 3. The van der Waals surface area contributed by atoms with E-state index in [1.54, 1.807) is 6.92 Å². The summed E-state index contributed by atoms with van der Waals surface area (Å²) in [6, 6.07) is 8.09. The van der Waals surface area contributed by atoms with E-state index in [-0.39, 0.29) is 18.0 Å². The number of rotatable bonds is 5. The fraction of sp³-hybridized carbons (Fsp3) is 0.316. The maximum absolute atomic E-state index is 12.5. The number of furan rings is 1. The van der Waals surface area contributed by atoms with E-state index in [0.29, 0.717) is 23.4 Å². The first-order chi connectivity index (χ1) is 12.0. The molecule has 3 rings (SSSR count). The summed E-state index contributed by atoms with van der Waals surface area (Å²) in [6.07, 6.45) is 2.33. The molecule has 6 nitrogen and oxygen atoms in total. The average molecular weight is 339 g/mol. The minimum absolute atomic E-state index is 0.0709. The van der Waals surface area contributed by atoms with E-state index in [1.165, 1.54) is 16.5 Å². The average Bonchev–Trinajstić information content (AvgIpc) is 2.91. The number of amides is 1.